The zero-order chi connectivity index (χ0) is 10.2. The van der Waals surface area contributed by atoms with Gasteiger partial charge in [-0.1, -0.05) is 48.3 Å². The average Bonchev–Trinajstić information content (AvgIpc) is 2.23. The molecule has 0 saturated carbocycles. The van der Waals surface area contributed by atoms with Gasteiger partial charge >= 0.3 is 5.97 Å². The first-order chi connectivity index (χ1) is 6.83. The van der Waals surface area contributed by atoms with Gasteiger partial charge in [0.05, 0.1) is 0 Å². The number of carbonyl (C=O) groups excluding carboxylic acids is 1. The highest BCUT2D eigenvalue weighted by molar-refractivity contribution is 14.1. The van der Waals surface area contributed by atoms with E-state index < -0.39 is 0 Å². The van der Waals surface area contributed by atoms with Crippen molar-refractivity contribution in [3.8, 4) is 0 Å². The SMILES string of the molecule is O=C1CCCCCCCCC(CI)O1. The number of carbonyl (C=O) groups is 1. The summed E-state index contributed by atoms with van der Waals surface area (Å²) in [6, 6.07) is 0. The Kier molecular flexibility index (Phi) is 6.56. The molecule has 0 bridgehead atoms. The number of hydrogen-bond donors (Lipinski definition) is 0. The molecular formula is C11H19IO2. The monoisotopic (exact) mass is 310 g/mol. The standard InChI is InChI=1S/C11H19IO2/c12-9-10-7-5-3-1-2-4-6-8-11(13)14-10/h10H,1-9H2. The van der Waals surface area contributed by atoms with Crippen LogP contribution in [0.1, 0.15) is 51.4 Å². The van der Waals surface area contributed by atoms with E-state index in [1.165, 1.54) is 32.1 Å². The molecule has 1 fully saturated rings. The van der Waals surface area contributed by atoms with Crippen molar-refractivity contribution in [2.75, 3.05) is 4.43 Å². The average molecular weight is 310 g/mol. The number of rotatable bonds is 1. The van der Waals surface area contributed by atoms with Crippen molar-refractivity contribution in [3.63, 3.8) is 0 Å². The quantitative estimate of drug-likeness (QED) is 0.421. The van der Waals surface area contributed by atoms with Gasteiger partial charge in [0.25, 0.3) is 0 Å². The zero-order valence-corrected chi connectivity index (χ0v) is 10.8. The van der Waals surface area contributed by atoms with Crippen LogP contribution < -0.4 is 0 Å². The molecule has 82 valence electrons. The summed E-state index contributed by atoms with van der Waals surface area (Å²) in [5.74, 6) is 0.00793. The lowest BCUT2D eigenvalue weighted by Gasteiger charge is -2.14. The second-order valence-corrected chi connectivity index (χ2v) is 4.81. The number of ether oxygens (including phenoxy) is 1. The van der Waals surface area contributed by atoms with Crippen LogP contribution in [0.25, 0.3) is 0 Å². The van der Waals surface area contributed by atoms with Crippen molar-refractivity contribution in [1.82, 2.24) is 0 Å². The van der Waals surface area contributed by atoms with Gasteiger partial charge in [-0.05, 0) is 19.3 Å². The fourth-order valence-electron chi connectivity index (χ4n) is 1.76. The minimum atomic E-state index is 0.00793. The Labute approximate surface area is 99.9 Å². The van der Waals surface area contributed by atoms with Crippen LogP contribution in [0, 0.1) is 0 Å². The van der Waals surface area contributed by atoms with Crippen molar-refractivity contribution in [2.24, 2.45) is 0 Å². The summed E-state index contributed by atoms with van der Waals surface area (Å²) < 4.78 is 6.32. The molecule has 1 aliphatic heterocycles. The molecule has 1 atom stereocenters. The molecule has 14 heavy (non-hydrogen) atoms. The molecule has 0 spiro atoms. The van der Waals surface area contributed by atoms with E-state index >= 15 is 0 Å². The van der Waals surface area contributed by atoms with Gasteiger partial charge in [-0.2, -0.15) is 0 Å². The van der Waals surface area contributed by atoms with E-state index in [2.05, 4.69) is 22.6 Å². The van der Waals surface area contributed by atoms with Crippen molar-refractivity contribution in [1.29, 1.82) is 0 Å². The largest absolute Gasteiger partial charge is 0.462 e. The van der Waals surface area contributed by atoms with Crippen molar-refractivity contribution in [3.05, 3.63) is 0 Å². The van der Waals surface area contributed by atoms with E-state index in [0.717, 1.165) is 17.3 Å². The van der Waals surface area contributed by atoms with E-state index in [1.807, 2.05) is 0 Å². The summed E-state index contributed by atoms with van der Waals surface area (Å²) >= 11 is 2.30. The van der Waals surface area contributed by atoms with Gasteiger partial charge in [0.2, 0.25) is 0 Å². The zero-order valence-electron chi connectivity index (χ0n) is 8.64. The van der Waals surface area contributed by atoms with Gasteiger partial charge in [0.15, 0.2) is 0 Å². The number of halogens is 1. The third-order valence-electron chi connectivity index (χ3n) is 2.63. The molecule has 1 unspecified atom stereocenters. The van der Waals surface area contributed by atoms with Gasteiger partial charge < -0.3 is 4.74 Å². The van der Waals surface area contributed by atoms with Crippen LogP contribution in [0.2, 0.25) is 0 Å². The highest BCUT2D eigenvalue weighted by Gasteiger charge is 2.13. The number of hydrogen-bond acceptors (Lipinski definition) is 2. The molecule has 0 aromatic heterocycles. The molecule has 1 saturated heterocycles. The first-order valence-electron chi connectivity index (χ1n) is 5.58. The molecule has 1 aliphatic rings. The molecule has 3 heteroatoms. The first-order valence-corrected chi connectivity index (χ1v) is 7.11. The lowest BCUT2D eigenvalue weighted by Crippen LogP contribution is -2.19. The Morgan fingerprint density at radius 3 is 2.50 bits per heavy atom. The summed E-state index contributed by atoms with van der Waals surface area (Å²) in [5.41, 5.74) is 0. The van der Waals surface area contributed by atoms with Gasteiger partial charge in [-0.15, -0.1) is 0 Å². The normalized spacial score (nSPS) is 26.4. The topological polar surface area (TPSA) is 26.3 Å². The molecule has 0 aromatic rings. The van der Waals surface area contributed by atoms with E-state index in [4.69, 9.17) is 4.74 Å². The second-order valence-electron chi connectivity index (χ2n) is 3.93. The number of esters is 1. The van der Waals surface area contributed by atoms with Crippen molar-refractivity contribution in [2.45, 2.75) is 57.5 Å². The maximum Gasteiger partial charge on any atom is 0.306 e. The molecule has 1 rings (SSSR count). The van der Waals surface area contributed by atoms with Crippen LogP contribution in [0.4, 0.5) is 0 Å². The lowest BCUT2D eigenvalue weighted by atomic mass is 10.1. The third-order valence-corrected chi connectivity index (χ3v) is 3.61. The van der Waals surface area contributed by atoms with Gasteiger partial charge in [-0.25, -0.2) is 0 Å². The maximum absolute atomic E-state index is 11.4. The lowest BCUT2D eigenvalue weighted by molar-refractivity contribution is -0.148. The third kappa shape index (κ3) is 5.17. The fourth-order valence-corrected chi connectivity index (χ4v) is 2.38. The minimum absolute atomic E-state index is 0.00793. The van der Waals surface area contributed by atoms with E-state index in [0.29, 0.717) is 6.42 Å². The van der Waals surface area contributed by atoms with E-state index in [-0.39, 0.29) is 12.1 Å². The van der Waals surface area contributed by atoms with Crippen LogP contribution in [-0.4, -0.2) is 16.5 Å². The smallest absolute Gasteiger partial charge is 0.306 e. The Bertz CT molecular complexity index is 171. The number of alkyl halides is 1. The van der Waals surface area contributed by atoms with Crippen LogP contribution in [-0.2, 0) is 9.53 Å². The maximum atomic E-state index is 11.4. The van der Waals surface area contributed by atoms with Gasteiger partial charge in [0.1, 0.15) is 6.10 Å². The predicted octanol–water partition coefficient (Wildman–Crippen LogP) is 3.47. The van der Waals surface area contributed by atoms with Crippen molar-refractivity contribution >= 4 is 28.6 Å². The summed E-state index contributed by atoms with van der Waals surface area (Å²) in [6.45, 7) is 0. The summed E-state index contributed by atoms with van der Waals surface area (Å²) in [7, 11) is 0. The molecule has 1 heterocycles. The Hall–Kier alpha value is 0.200. The highest BCUT2D eigenvalue weighted by atomic mass is 127. The fraction of sp³-hybridized carbons (Fsp3) is 0.909. The molecule has 2 nitrogen and oxygen atoms in total. The van der Waals surface area contributed by atoms with Crippen molar-refractivity contribution < 1.29 is 9.53 Å². The summed E-state index contributed by atoms with van der Waals surface area (Å²) in [6.07, 6.45) is 9.13. The van der Waals surface area contributed by atoms with Gasteiger partial charge in [-0.3, -0.25) is 4.79 Å². The van der Waals surface area contributed by atoms with Gasteiger partial charge in [0, 0.05) is 10.8 Å². The molecule has 0 amide bonds. The first kappa shape index (κ1) is 12.3. The second kappa shape index (κ2) is 7.49. The Balaban J connectivity index is 2.35. The molecule has 0 aliphatic carbocycles. The Morgan fingerprint density at radius 2 is 1.79 bits per heavy atom. The highest BCUT2D eigenvalue weighted by Crippen LogP contribution is 2.15. The van der Waals surface area contributed by atoms with Crippen LogP contribution in [0.15, 0.2) is 0 Å². The summed E-state index contributed by atoms with van der Waals surface area (Å²) in [5, 5.41) is 0. The Morgan fingerprint density at radius 1 is 1.14 bits per heavy atom. The van der Waals surface area contributed by atoms with E-state index in [9.17, 15) is 4.79 Å². The molecular weight excluding hydrogens is 291 g/mol. The van der Waals surface area contributed by atoms with Crippen LogP contribution in [0.3, 0.4) is 0 Å². The summed E-state index contributed by atoms with van der Waals surface area (Å²) in [4.78, 5) is 11.4. The molecule has 0 N–H and O–H groups in total. The predicted molar refractivity (Wildman–Crippen MR) is 65.7 cm³/mol. The van der Waals surface area contributed by atoms with Crippen LogP contribution in [0.5, 0.6) is 0 Å². The van der Waals surface area contributed by atoms with Crippen LogP contribution >= 0.6 is 22.6 Å². The number of cyclic esters (lactones) is 1. The molecule has 0 radical (unpaired) electrons. The molecule has 0 aromatic carbocycles. The minimum Gasteiger partial charge on any atom is -0.462 e. The van der Waals surface area contributed by atoms with E-state index in [1.54, 1.807) is 0 Å².